The van der Waals surface area contributed by atoms with Crippen molar-refractivity contribution in [1.29, 1.82) is 0 Å². The summed E-state index contributed by atoms with van der Waals surface area (Å²) in [6, 6.07) is 0. The van der Waals surface area contributed by atoms with Crippen molar-refractivity contribution in [1.82, 2.24) is 4.31 Å². The summed E-state index contributed by atoms with van der Waals surface area (Å²) in [4.78, 5) is 0. The molecule has 0 N–H and O–H groups in total. The third-order valence-corrected chi connectivity index (χ3v) is 8.57. The molecule has 4 rings (SSSR count). The van der Waals surface area contributed by atoms with E-state index in [-0.39, 0.29) is 16.8 Å². The van der Waals surface area contributed by atoms with E-state index in [1.54, 1.807) is 4.31 Å². The SMILES string of the molecule is O=S(=O)(C1CC1)N1CC[C@H]2OCCC[C@]2(COCC2CCC2)C1. The smallest absolute Gasteiger partial charge is 0.217 e. The van der Waals surface area contributed by atoms with E-state index in [1.807, 2.05) is 0 Å². The van der Waals surface area contributed by atoms with Gasteiger partial charge in [-0.15, -0.1) is 0 Å². The van der Waals surface area contributed by atoms with E-state index in [9.17, 15) is 8.42 Å². The van der Waals surface area contributed by atoms with Gasteiger partial charge in [0, 0.05) is 31.7 Å². The van der Waals surface area contributed by atoms with Crippen molar-refractivity contribution in [2.45, 2.75) is 62.7 Å². The lowest BCUT2D eigenvalue weighted by atomic mass is 9.73. The van der Waals surface area contributed by atoms with E-state index in [1.165, 1.54) is 19.3 Å². The third kappa shape index (κ3) is 3.20. The van der Waals surface area contributed by atoms with Crippen molar-refractivity contribution < 1.29 is 17.9 Å². The highest BCUT2D eigenvalue weighted by molar-refractivity contribution is 7.90. The Kier molecular flexibility index (Phi) is 4.45. The van der Waals surface area contributed by atoms with Crippen LogP contribution in [0.3, 0.4) is 0 Å². The Morgan fingerprint density at radius 2 is 1.96 bits per heavy atom. The molecule has 0 spiro atoms. The zero-order valence-electron chi connectivity index (χ0n) is 13.9. The van der Waals surface area contributed by atoms with Crippen molar-refractivity contribution in [3.8, 4) is 0 Å². The minimum absolute atomic E-state index is 0.114. The minimum atomic E-state index is -3.09. The molecule has 23 heavy (non-hydrogen) atoms. The third-order valence-electron chi connectivity index (χ3n) is 6.23. The number of piperidine rings is 1. The second-order valence-electron chi connectivity index (χ2n) is 8.00. The maximum absolute atomic E-state index is 12.6. The van der Waals surface area contributed by atoms with Crippen molar-refractivity contribution >= 4 is 10.0 Å². The average molecular weight is 343 g/mol. The van der Waals surface area contributed by atoms with Crippen LogP contribution in [0.15, 0.2) is 0 Å². The number of hydrogen-bond donors (Lipinski definition) is 0. The average Bonchev–Trinajstić information content (AvgIpc) is 3.34. The molecule has 6 heteroatoms. The maximum Gasteiger partial charge on any atom is 0.217 e. The van der Waals surface area contributed by atoms with Crippen LogP contribution >= 0.6 is 0 Å². The van der Waals surface area contributed by atoms with Gasteiger partial charge in [-0.25, -0.2) is 12.7 Å². The molecule has 2 saturated heterocycles. The Hall–Kier alpha value is -0.170. The summed E-state index contributed by atoms with van der Waals surface area (Å²) in [5, 5.41) is -0.114. The molecule has 0 unspecified atom stereocenters. The van der Waals surface area contributed by atoms with Crippen molar-refractivity contribution in [3.63, 3.8) is 0 Å². The topological polar surface area (TPSA) is 55.8 Å². The van der Waals surface area contributed by atoms with Gasteiger partial charge in [-0.3, -0.25) is 0 Å². The highest BCUT2D eigenvalue weighted by atomic mass is 32.2. The number of ether oxygens (including phenoxy) is 2. The Labute approximate surface area is 139 Å². The molecule has 2 saturated carbocycles. The van der Waals surface area contributed by atoms with E-state index < -0.39 is 10.0 Å². The summed E-state index contributed by atoms with van der Waals surface area (Å²) >= 11 is 0. The highest BCUT2D eigenvalue weighted by Gasteiger charge is 2.51. The summed E-state index contributed by atoms with van der Waals surface area (Å²) in [6.45, 7) is 3.52. The van der Waals surface area contributed by atoms with Crippen LogP contribution in [-0.4, -0.2) is 57.0 Å². The van der Waals surface area contributed by atoms with Gasteiger partial charge in [-0.05, 0) is 50.9 Å². The predicted molar refractivity (Wildman–Crippen MR) is 87.7 cm³/mol. The maximum atomic E-state index is 12.6. The van der Waals surface area contributed by atoms with Gasteiger partial charge in [0.1, 0.15) is 0 Å². The van der Waals surface area contributed by atoms with Crippen molar-refractivity contribution in [2.75, 3.05) is 32.9 Å². The molecule has 2 heterocycles. The molecular weight excluding hydrogens is 314 g/mol. The normalized spacial score (nSPS) is 36.4. The van der Waals surface area contributed by atoms with Crippen LogP contribution in [0.5, 0.6) is 0 Å². The second kappa shape index (κ2) is 6.28. The molecule has 0 amide bonds. The van der Waals surface area contributed by atoms with Crippen LogP contribution in [0, 0.1) is 11.3 Å². The number of nitrogens with zero attached hydrogens (tertiary/aromatic N) is 1. The van der Waals surface area contributed by atoms with Crippen LogP contribution < -0.4 is 0 Å². The fraction of sp³-hybridized carbons (Fsp3) is 1.00. The lowest BCUT2D eigenvalue weighted by Crippen LogP contribution is -2.58. The molecular formula is C17H29NO4S. The lowest BCUT2D eigenvalue weighted by molar-refractivity contribution is -0.146. The fourth-order valence-electron chi connectivity index (χ4n) is 4.34. The van der Waals surface area contributed by atoms with Gasteiger partial charge in [0.15, 0.2) is 0 Å². The molecule has 0 bridgehead atoms. The summed E-state index contributed by atoms with van der Waals surface area (Å²) in [5.41, 5.74) is -0.123. The van der Waals surface area contributed by atoms with Crippen molar-refractivity contribution in [2.24, 2.45) is 11.3 Å². The van der Waals surface area contributed by atoms with Gasteiger partial charge < -0.3 is 9.47 Å². The van der Waals surface area contributed by atoms with Gasteiger partial charge in [0.2, 0.25) is 10.0 Å². The van der Waals surface area contributed by atoms with Gasteiger partial charge in [-0.1, -0.05) is 6.42 Å². The van der Waals surface area contributed by atoms with Gasteiger partial charge >= 0.3 is 0 Å². The Morgan fingerprint density at radius 1 is 1.13 bits per heavy atom. The quantitative estimate of drug-likeness (QED) is 0.742. The first-order valence-electron chi connectivity index (χ1n) is 9.28. The van der Waals surface area contributed by atoms with E-state index in [0.29, 0.717) is 19.7 Å². The monoisotopic (exact) mass is 343 g/mol. The van der Waals surface area contributed by atoms with Crippen LogP contribution in [-0.2, 0) is 19.5 Å². The molecule has 4 fully saturated rings. The predicted octanol–water partition coefficient (Wildman–Crippen LogP) is 2.17. The highest BCUT2D eigenvalue weighted by Crippen LogP contribution is 2.43. The van der Waals surface area contributed by atoms with Crippen molar-refractivity contribution in [3.05, 3.63) is 0 Å². The lowest BCUT2D eigenvalue weighted by Gasteiger charge is -2.50. The molecule has 0 aromatic rings. The van der Waals surface area contributed by atoms with Crippen LogP contribution in [0.2, 0.25) is 0 Å². The van der Waals surface area contributed by atoms with Gasteiger partial charge in [-0.2, -0.15) is 0 Å². The van der Waals surface area contributed by atoms with E-state index in [0.717, 1.165) is 51.2 Å². The van der Waals surface area contributed by atoms with Crippen LogP contribution in [0.4, 0.5) is 0 Å². The number of rotatable bonds is 6. The van der Waals surface area contributed by atoms with Crippen LogP contribution in [0.1, 0.15) is 51.4 Å². The molecule has 2 aliphatic heterocycles. The first-order valence-corrected chi connectivity index (χ1v) is 10.8. The molecule has 132 valence electrons. The zero-order valence-corrected chi connectivity index (χ0v) is 14.7. The molecule has 0 aromatic carbocycles. The molecule has 0 aromatic heterocycles. The summed E-state index contributed by atoms with van der Waals surface area (Å²) < 4.78 is 39.1. The molecule has 4 aliphatic rings. The minimum Gasteiger partial charge on any atom is -0.380 e. The summed E-state index contributed by atoms with van der Waals surface area (Å²) in [7, 11) is -3.09. The molecule has 5 nitrogen and oxygen atoms in total. The Morgan fingerprint density at radius 3 is 2.65 bits per heavy atom. The first-order chi connectivity index (χ1) is 11.1. The van der Waals surface area contributed by atoms with Crippen LogP contribution in [0.25, 0.3) is 0 Å². The number of fused-ring (bicyclic) bond motifs is 1. The molecule has 2 atom stereocenters. The first kappa shape index (κ1) is 16.3. The largest absolute Gasteiger partial charge is 0.380 e. The zero-order chi connectivity index (χ0) is 15.9. The fourth-order valence-corrected chi connectivity index (χ4v) is 6.29. The van der Waals surface area contributed by atoms with E-state index >= 15 is 0 Å². The Balaban J connectivity index is 1.44. The summed E-state index contributed by atoms with van der Waals surface area (Å²) in [6.07, 6.45) is 8.61. The Bertz CT molecular complexity index is 529. The van der Waals surface area contributed by atoms with E-state index in [2.05, 4.69) is 0 Å². The summed E-state index contributed by atoms with van der Waals surface area (Å²) in [5.74, 6) is 0.726. The van der Waals surface area contributed by atoms with Gasteiger partial charge in [0.25, 0.3) is 0 Å². The van der Waals surface area contributed by atoms with E-state index in [4.69, 9.17) is 9.47 Å². The second-order valence-corrected chi connectivity index (χ2v) is 10.2. The number of hydrogen-bond acceptors (Lipinski definition) is 4. The molecule has 2 aliphatic carbocycles. The van der Waals surface area contributed by atoms with Gasteiger partial charge in [0.05, 0.1) is 18.0 Å². The standard InChI is InChI=1S/C17H29NO4S/c19-23(20,15-5-6-15)18-9-7-16-17(12-18,8-2-10-22-16)13-21-11-14-3-1-4-14/h14-16H,1-13H2/t16-,17-/m1/s1. The number of sulfonamides is 1. The molecule has 0 radical (unpaired) electrons.